The summed E-state index contributed by atoms with van der Waals surface area (Å²) in [6.07, 6.45) is 13.7. The Bertz CT molecular complexity index is 188. The molecule has 0 N–H and O–H groups in total. The minimum absolute atomic E-state index is 0.978. The van der Waals surface area contributed by atoms with Crippen molar-refractivity contribution in [2.75, 3.05) is 0 Å². The maximum Gasteiger partial charge on any atom is 0.0797 e. The van der Waals surface area contributed by atoms with Crippen LogP contribution in [0, 0.1) is 4.91 Å². The summed E-state index contributed by atoms with van der Waals surface area (Å²) in [4.78, 5) is 10.1. The van der Waals surface area contributed by atoms with Crippen molar-refractivity contribution in [2.24, 2.45) is 10.4 Å². The second-order valence-corrected chi connectivity index (χ2v) is 4.43. The summed E-state index contributed by atoms with van der Waals surface area (Å²) in [5.74, 6) is 0. The van der Waals surface area contributed by atoms with Crippen molar-refractivity contribution in [3.8, 4) is 0 Å². The van der Waals surface area contributed by atoms with E-state index in [4.69, 9.17) is 0 Å². The Labute approximate surface area is 92.3 Å². The molecule has 3 heteroatoms. The van der Waals surface area contributed by atoms with Crippen LogP contribution in [0.4, 0.5) is 0 Å². The van der Waals surface area contributed by atoms with Crippen LogP contribution in [-0.4, -0.2) is 5.71 Å². The smallest absolute Gasteiger partial charge is 0.0797 e. The minimum atomic E-state index is 0.978. The van der Waals surface area contributed by atoms with Gasteiger partial charge in [0.15, 0.2) is 0 Å². The van der Waals surface area contributed by atoms with Crippen molar-refractivity contribution in [1.29, 1.82) is 0 Å². The van der Waals surface area contributed by atoms with E-state index < -0.39 is 0 Å². The summed E-state index contributed by atoms with van der Waals surface area (Å²) in [7, 11) is 0. The summed E-state index contributed by atoms with van der Waals surface area (Å²) in [5.41, 5.74) is 1.02. The molecule has 0 bridgehead atoms. The van der Waals surface area contributed by atoms with Gasteiger partial charge < -0.3 is 0 Å². The first kappa shape index (κ1) is 12.3. The molecule has 0 unspecified atom stereocenters. The van der Waals surface area contributed by atoms with Crippen molar-refractivity contribution in [3.63, 3.8) is 0 Å². The molecule has 86 valence electrons. The van der Waals surface area contributed by atoms with Crippen molar-refractivity contribution in [2.45, 2.75) is 70.6 Å². The fourth-order valence-corrected chi connectivity index (χ4v) is 2.18. The molecule has 15 heavy (non-hydrogen) atoms. The SMILES string of the molecule is O=NN=C1CCCCCCCCCCC1. The lowest BCUT2D eigenvalue weighted by Gasteiger charge is -2.07. The van der Waals surface area contributed by atoms with Gasteiger partial charge >= 0.3 is 0 Å². The van der Waals surface area contributed by atoms with E-state index in [-0.39, 0.29) is 0 Å². The maximum absolute atomic E-state index is 10.1. The Morgan fingerprint density at radius 3 is 1.47 bits per heavy atom. The van der Waals surface area contributed by atoms with Crippen LogP contribution in [0.1, 0.15) is 70.6 Å². The summed E-state index contributed by atoms with van der Waals surface area (Å²) in [6.45, 7) is 0. The Morgan fingerprint density at radius 1 is 0.667 bits per heavy atom. The zero-order valence-electron chi connectivity index (χ0n) is 9.58. The predicted molar refractivity (Wildman–Crippen MR) is 64.0 cm³/mol. The molecule has 0 atom stereocenters. The molecule has 0 aromatic rings. The van der Waals surface area contributed by atoms with Crippen LogP contribution >= 0.6 is 0 Å². The Balaban J connectivity index is 2.31. The summed E-state index contributed by atoms with van der Waals surface area (Å²) < 4.78 is 0. The first-order chi connectivity index (χ1) is 7.43. The van der Waals surface area contributed by atoms with Gasteiger partial charge in [0.2, 0.25) is 0 Å². The molecule has 1 aliphatic carbocycles. The highest BCUT2D eigenvalue weighted by Gasteiger charge is 2.02. The van der Waals surface area contributed by atoms with Crippen molar-refractivity contribution in [1.82, 2.24) is 0 Å². The largest absolute Gasteiger partial charge is 0.123 e. The maximum atomic E-state index is 10.1. The van der Waals surface area contributed by atoms with E-state index >= 15 is 0 Å². The summed E-state index contributed by atoms with van der Waals surface area (Å²) in [5, 5.41) is 6.36. The first-order valence-corrected chi connectivity index (χ1v) is 6.31. The van der Waals surface area contributed by atoms with Crippen LogP contribution in [-0.2, 0) is 0 Å². The van der Waals surface area contributed by atoms with E-state index in [9.17, 15) is 4.91 Å². The number of rotatable bonds is 1. The number of nitrogens with zero attached hydrogens (tertiary/aromatic N) is 2. The quantitative estimate of drug-likeness (QED) is 0.466. The Morgan fingerprint density at radius 2 is 1.07 bits per heavy atom. The van der Waals surface area contributed by atoms with Crippen LogP contribution in [0.3, 0.4) is 0 Å². The lowest BCUT2D eigenvalue weighted by atomic mass is 10.00. The van der Waals surface area contributed by atoms with E-state index in [2.05, 4.69) is 10.4 Å². The third-order valence-corrected chi connectivity index (χ3v) is 3.11. The van der Waals surface area contributed by atoms with Crippen LogP contribution < -0.4 is 0 Å². The van der Waals surface area contributed by atoms with Crippen molar-refractivity contribution >= 4 is 5.71 Å². The van der Waals surface area contributed by atoms with Gasteiger partial charge in [0.25, 0.3) is 0 Å². The van der Waals surface area contributed by atoms with E-state index in [1.807, 2.05) is 0 Å². The van der Waals surface area contributed by atoms with Crippen LogP contribution in [0.25, 0.3) is 0 Å². The van der Waals surface area contributed by atoms with E-state index in [0.717, 1.165) is 18.6 Å². The zero-order chi connectivity index (χ0) is 10.8. The molecular formula is C12H22N2O. The molecule has 0 aromatic carbocycles. The number of nitroso groups, excluding NO2 is 1. The standard InChI is InChI=1S/C12H22N2O/c15-14-13-12-10-8-6-4-2-1-3-5-7-9-11-12/h1-11H2. The number of hydrogen-bond donors (Lipinski definition) is 0. The van der Waals surface area contributed by atoms with Crippen LogP contribution in [0.5, 0.6) is 0 Å². The van der Waals surface area contributed by atoms with Crippen LogP contribution in [0.15, 0.2) is 10.4 Å². The van der Waals surface area contributed by atoms with Crippen LogP contribution in [0.2, 0.25) is 0 Å². The van der Waals surface area contributed by atoms with E-state index in [1.54, 1.807) is 0 Å². The van der Waals surface area contributed by atoms with Gasteiger partial charge in [-0.3, -0.25) is 0 Å². The average molecular weight is 210 g/mol. The van der Waals surface area contributed by atoms with Gasteiger partial charge in [0.1, 0.15) is 0 Å². The Kier molecular flexibility index (Phi) is 7.05. The predicted octanol–water partition coefficient (Wildman–Crippen LogP) is 4.41. The second-order valence-electron chi connectivity index (χ2n) is 4.43. The molecule has 0 aromatic heterocycles. The van der Waals surface area contributed by atoms with Gasteiger partial charge in [-0.25, -0.2) is 0 Å². The van der Waals surface area contributed by atoms with Gasteiger partial charge in [-0.05, 0) is 25.7 Å². The zero-order valence-corrected chi connectivity index (χ0v) is 9.58. The summed E-state index contributed by atoms with van der Waals surface area (Å²) in [6, 6.07) is 0. The van der Waals surface area contributed by atoms with Gasteiger partial charge in [-0.15, -0.1) is 10.0 Å². The molecule has 0 amide bonds. The van der Waals surface area contributed by atoms with E-state index in [1.165, 1.54) is 57.8 Å². The highest BCUT2D eigenvalue weighted by molar-refractivity contribution is 5.84. The van der Waals surface area contributed by atoms with E-state index in [0.29, 0.717) is 0 Å². The lowest BCUT2D eigenvalue weighted by Crippen LogP contribution is -1.99. The molecule has 0 aliphatic heterocycles. The monoisotopic (exact) mass is 210 g/mol. The van der Waals surface area contributed by atoms with Gasteiger partial charge in [-0.1, -0.05) is 44.9 Å². The molecule has 1 saturated carbocycles. The third kappa shape index (κ3) is 6.37. The molecule has 0 saturated heterocycles. The molecule has 3 nitrogen and oxygen atoms in total. The molecular weight excluding hydrogens is 188 g/mol. The van der Waals surface area contributed by atoms with Gasteiger partial charge in [0.05, 0.1) is 5.29 Å². The molecule has 0 radical (unpaired) electrons. The fraction of sp³-hybridized carbons (Fsp3) is 0.917. The minimum Gasteiger partial charge on any atom is -0.123 e. The van der Waals surface area contributed by atoms with Crippen molar-refractivity contribution < 1.29 is 0 Å². The molecule has 1 aliphatic rings. The third-order valence-electron chi connectivity index (χ3n) is 3.11. The Hall–Kier alpha value is -0.730. The first-order valence-electron chi connectivity index (χ1n) is 6.31. The molecule has 0 spiro atoms. The highest BCUT2D eigenvalue weighted by Crippen LogP contribution is 2.15. The molecule has 1 fully saturated rings. The molecule has 0 heterocycles. The van der Waals surface area contributed by atoms with Gasteiger partial charge in [0, 0.05) is 5.71 Å². The molecule has 1 rings (SSSR count). The second kappa shape index (κ2) is 8.57. The summed E-state index contributed by atoms with van der Waals surface area (Å²) >= 11 is 0. The normalized spacial score (nSPS) is 21.2. The van der Waals surface area contributed by atoms with Crippen molar-refractivity contribution in [3.05, 3.63) is 4.91 Å². The fourth-order valence-electron chi connectivity index (χ4n) is 2.18. The number of hydrogen-bond acceptors (Lipinski definition) is 2. The average Bonchev–Trinajstić information content (AvgIpc) is 2.22. The highest BCUT2D eigenvalue weighted by atomic mass is 16.3. The topological polar surface area (TPSA) is 41.8 Å². The van der Waals surface area contributed by atoms with Gasteiger partial charge in [-0.2, -0.15) is 0 Å². The lowest BCUT2D eigenvalue weighted by molar-refractivity contribution is 0.555.